The average molecular weight is 291 g/mol. The van der Waals surface area contributed by atoms with Crippen LogP contribution >= 0.6 is 0 Å². The van der Waals surface area contributed by atoms with Crippen LogP contribution in [0.15, 0.2) is 24.3 Å². The lowest BCUT2D eigenvalue weighted by Gasteiger charge is -2.40. The Morgan fingerprint density at radius 2 is 1.81 bits per heavy atom. The van der Waals surface area contributed by atoms with E-state index < -0.39 is 0 Å². The van der Waals surface area contributed by atoms with E-state index in [1.54, 1.807) is 0 Å². The van der Waals surface area contributed by atoms with Gasteiger partial charge in [-0.25, -0.2) is 0 Å². The van der Waals surface area contributed by atoms with E-state index in [0.717, 1.165) is 31.9 Å². The van der Waals surface area contributed by atoms with Gasteiger partial charge in [0.05, 0.1) is 6.61 Å². The molecule has 0 aliphatic carbocycles. The zero-order valence-electron chi connectivity index (χ0n) is 13.6. The molecule has 0 amide bonds. The van der Waals surface area contributed by atoms with Crippen LogP contribution in [0.25, 0.3) is 0 Å². The summed E-state index contributed by atoms with van der Waals surface area (Å²) in [5.74, 6) is 0.939. The summed E-state index contributed by atoms with van der Waals surface area (Å²) < 4.78 is 5.61. The molecule has 0 saturated carbocycles. The molecule has 1 unspecified atom stereocenters. The molecule has 118 valence electrons. The van der Waals surface area contributed by atoms with E-state index in [0.29, 0.717) is 25.2 Å². The van der Waals surface area contributed by atoms with E-state index >= 15 is 0 Å². The second-order valence-electron chi connectivity index (χ2n) is 5.92. The molecule has 1 aliphatic heterocycles. The summed E-state index contributed by atoms with van der Waals surface area (Å²) in [5.41, 5.74) is 7.32. The molecule has 4 nitrogen and oxygen atoms in total. The summed E-state index contributed by atoms with van der Waals surface area (Å²) in [5, 5.41) is 0. The molecule has 0 spiro atoms. The number of hydrogen-bond donors (Lipinski definition) is 1. The highest BCUT2D eigenvalue weighted by molar-refractivity contribution is 5.31. The van der Waals surface area contributed by atoms with Crippen molar-refractivity contribution in [3.63, 3.8) is 0 Å². The number of nitrogens with zero attached hydrogens (tertiary/aromatic N) is 2. The lowest BCUT2D eigenvalue weighted by molar-refractivity contribution is 0.0801. The summed E-state index contributed by atoms with van der Waals surface area (Å²) in [6.45, 7) is 12.3. The van der Waals surface area contributed by atoms with E-state index in [4.69, 9.17) is 10.5 Å². The third-order valence-corrected chi connectivity index (χ3v) is 4.30. The van der Waals surface area contributed by atoms with Gasteiger partial charge in [0, 0.05) is 44.8 Å². The summed E-state index contributed by atoms with van der Waals surface area (Å²) >= 11 is 0. The zero-order valence-corrected chi connectivity index (χ0v) is 13.6. The van der Waals surface area contributed by atoms with Crippen molar-refractivity contribution in [2.45, 2.75) is 32.9 Å². The average Bonchev–Trinajstić information content (AvgIpc) is 2.49. The molecule has 1 fully saturated rings. The SMILES string of the molecule is CCOc1cccc(C(CN)N2CCN(C(C)C)CC2)c1. The van der Waals surface area contributed by atoms with Gasteiger partial charge in [-0.1, -0.05) is 12.1 Å². The van der Waals surface area contributed by atoms with E-state index in [-0.39, 0.29) is 0 Å². The lowest BCUT2D eigenvalue weighted by Crippen LogP contribution is -2.50. The number of nitrogens with two attached hydrogens (primary N) is 1. The Labute approximate surface area is 128 Å². The maximum Gasteiger partial charge on any atom is 0.119 e. The molecular weight excluding hydrogens is 262 g/mol. The van der Waals surface area contributed by atoms with Crippen LogP contribution in [0.1, 0.15) is 32.4 Å². The van der Waals surface area contributed by atoms with Crippen molar-refractivity contribution in [2.24, 2.45) is 5.73 Å². The van der Waals surface area contributed by atoms with Crippen LogP contribution in [0.3, 0.4) is 0 Å². The van der Waals surface area contributed by atoms with Crippen molar-refractivity contribution in [3.8, 4) is 5.75 Å². The Kier molecular flexibility index (Phi) is 6.03. The molecule has 0 aromatic heterocycles. The van der Waals surface area contributed by atoms with Gasteiger partial charge in [-0.2, -0.15) is 0 Å². The number of rotatable bonds is 6. The number of benzene rings is 1. The zero-order chi connectivity index (χ0) is 15.2. The van der Waals surface area contributed by atoms with Gasteiger partial charge in [-0.05, 0) is 38.5 Å². The summed E-state index contributed by atoms with van der Waals surface area (Å²) in [6.07, 6.45) is 0. The first-order chi connectivity index (χ1) is 10.2. The Morgan fingerprint density at radius 3 is 2.38 bits per heavy atom. The Balaban J connectivity index is 2.04. The molecule has 1 heterocycles. The molecule has 1 aromatic carbocycles. The quantitative estimate of drug-likeness (QED) is 0.871. The Hall–Kier alpha value is -1.10. The highest BCUT2D eigenvalue weighted by Gasteiger charge is 2.25. The van der Waals surface area contributed by atoms with Crippen molar-refractivity contribution in [2.75, 3.05) is 39.3 Å². The van der Waals surface area contributed by atoms with Crippen LogP contribution in [-0.2, 0) is 0 Å². The van der Waals surface area contributed by atoms with Crippen molar-refractivity contribution in [1.29, 1.82) is 0 Å². The van der Waals surface area contributed by atoms with Crippen molar-refractivity contribution in [3.05, 3.63) is 29.8 Å². The van der Waals surface area contributed by atoms with E-state index in [9.17, 15) is 0 Å². The maximum atomic E-state index is 6.06. The second kappa shape index (κ2) is 7.78. The monoisotopic (exact) mass is 291 g/mol. The highest BCUT2D eigenvalue weighted by Crippen LogP contribution is 2.25. The van der Waals surface area contributed by atoms with Gasteiger partial charge in [0.25, 0.3) is 0 Å². The fourth-order valence-electron chi connectivity index (χ4n) is 3.04. The highest BCUT2D eigenvalue weighted by atomic mass is 16.5. The van der Waals surface area contributed by atoms with Gasteiger partial charge in [-0.15, -0.1) is 0 Å². The van der Waals surface area contributed by atoms with Gasteiger partial charge in [-0.3, -0.25) is 9.80 Å². The fourth-order valence-corrected chi connectivity index (χ4v) is 3.04. The van der Waals surface area contributed by atoms with Crippen LogP contribution in [0.4, 0.5) is 0 Å². The largest absolute Gasteiger partial charge is 0.494 e. The molecule has 1 atom stereocenters. The predicted octanol–water partition coefficient (Wildman–Crippen LogP) is 2.11. The third kappa shape index (κ3) is 4.19. The normalized spacial score (nSPS) is 18.9. The lowest BCUT2D eigenvalue weighted by atomic mass is 10.0. The van der Waals surface area contributed by atoms with Crippen LogP contribution in [0.5, 0.6) is 5.75 Å². The molecule has 1 saturated heterocycles. The smallest absolute Gasteiger partial charge is 0.119 e. The van der Waals surface area contributed by atoms with E-state index in [2.05, 4.69) is 41.8 Å². The van der Waals surface area contributed by atoms with Crippen LogP contribution < -0.4 is 10.5 Å². The summed E-state index contributed by atoms with van der Waals surface area (Å²) in [7, 11) is 0. The number of ether oxygens (including phenoxy) is 1. The molecule has 1 aromatic rings. The molecule has 0 bridgehead atoms. The Morgan fingerprint density at radius 1 is 1.14 bits per heavy atom. The molecule has 0 radical (unpaired) electrons. The molecular formula is C17H29N3O. The van der Waals surface area contributed by atoms with Crippen LogP contribution in [0, 0.1) is 0 Å². The molecule has 1 aliphatic rings. The van der Waals surface area contributed by atoms with Crippen molar-refractivity contribution in [1.82, 2.24) is 9.80 Å². The molecule has 4 heteroatoms. The first kappa shape index (κ1) is 16.3. The van der Waals surface area contributed by atoms with Gasteiger partial charge in [0.1, 0.15) is 5.75 Å². The second-order valence-corrected chi connectivity index (χ2v) is 5.92. The first-order valence-electron chi connectivity index (χ1n) is 8.06. The predicted molar refractivity (Wildman–Crippen MR) is 87.7 cm³/mol. The van der Waals surface area contributed by atoms with Crippen molar-refractivity contribution >= 4 is 0 Å². The topological polar surface area (TPSA) is 41.7 Å². The van der Waals surface area contributed by atoms with Crippen molar-refractivity contribution < 1.29 is 4.74 Å². The van der Waals surface area contributed by atoms with E-state index in [1.165, 1.54) is 5.56 Å². The van der Waals surface area contributed by atoms with Gasteiger partial charge in [0.2, 0.25) is 0 Å². The summed E-state index contributed by atoms with van der Waals surface area (Å²) in [4.78, 5) is 5.03. The number of hydrogen-bond acceptors (Lipinski definition) is 4. The minimum atomic E-state index is 0.291. The van der Waals surface area contributed by atoms with Gasteiger partial charge < -0.3 is 10.5 Å². The van der Waals surface area contributed by atoms with Gasteiger partial charge >= 0.3 is 0 Å². The maximum absolute atomic E-state index is 6.06. The Bertz CT molecular complexity index is 428. The van der Waals surface area contributed by atoms with Gasteiger partial charge in [0.15, 0.2) is 0 Å². The summed E-state index contributed by atoms with van der Waals surface area (Å²) in [6, 6.07) is 9.29. The molecule has 21 heavy (non-hydrogen) atoms. The molecule has 2 N–H and O–H groups in total. The van der Waals surface area contributed by atoms with E-state index in [1.807, 2.05) is 13.0 Å². The minimum Gasteiger partial charge on any atom is -0.494 e. The molecule has 2 rings (SSSR count). The minimum absolute atomic E-state index is 0.291. The van der Waals surface area contributed by atoms with Crippen LogP contribution in [-0.4, -0.2) is 55.2 Å². The number of piperazine rings is 1. The standard InChI is InChI=1S/C17H29N3O/c1-4-21-16-7-5-6-15(12-16)17(13-18)20-10-8-19(9-11-20)14(2)3/h5-7,12,14,17H,4,8-11,13,18H2,1-3H3. The third-order valence-electron chi connectivity index (χ3n) is 4.30. The first-order valence-corrected chi connectivity index (χ1v) is 8.06. The van der Waals surface area contributed by atoms with Crippen LogP contribution in [0.2, 0.25) is 0 Å². The fraction of sp³-hybridized carbons (Fsp3) is 0.647.